The lowest BCUT2D eigenvalue weighted by Gasteiger charge is -2.29. The number of para-hydroxylation sites is 2. The molecule has 0 saturated heterocycles. The number of hydrogen-bond acceptors (Lipinski definition) is 3. The van der Waals surface area contributed by atoms with Crippen molar-refractivity contribution in [2.45, 2.75) is 6.42 Å². The number of amides is 3. The van der Waals surface area contributed by atoms with Gasteiger partial charge < -0.3 is 15.5 Å². The van der Waals surface area contributed by atoms with Gasteiger partial charge in [0.2, 0.25) is 17.7 Å². The predicted octanol–water partition coefficient (Wildman–Crippen LogP) is 2.19. The predicted molar refractivity (Wildman–Crippen MR) is 101 cm³/mol. The molecule has 0 aromatic heterocycles. The van der Waals surface area contributed by atoms with E-state index in [1.807, 2.05) is 36.4 Å². The van der Waals surface area contributed by atoms with E-state index >= 15 is 0 Å². The van der Waals surface area contributed by atoms with E-state index in [0.29, 0.717) is 11.4 Å². The molecule has 3 amide bonds. The van der Waals surface area contributed by atoms with Crippen molar-refractivity contribution in [3.8, 4) is 0 Å². The van der Waals surface area contributed by atoms with E-state index in [1.54, 1.807) is 24.3 Å². The molecule has 2 N–H and O–H groups in total. The number of rotatable bonds is 5. The lowest BCUT2D eigenvalue weighted by molar-refractivity contribution is -0.122. The van der Waals surface area contributed by atoms with Gasteiger partial charge in [0.05, 0.1) is 11.4 Å². The number of anilines is 2. The lowest BCUT2D eigenvalue weighted by Crippen LogP contribution is -2.43. The Bertz CT molecular complexity index is 846. The summed E-state index contributed by atoms with van der Waals surface area (Å²) in [6.07, 6.45) is 3.26. The van der Waals surface area contributed by atoms with Crippen LogP contribution in [0.5, 0.6) is 0 Å². The Balaban J connectivity index is 1.52. The molecule has 3 rings (SSSR count). The Morgan fingerprint density at radius 2 is 1.81 bits per heavy atom. The summed E-state index contributed by atoms with van der Waals surface area (Å²) in [4.78, 5) is 37.5. The third kappa shape index (κ3) is 4.36. The number of carbonyl (C=O) groups is 3. The quantitative estimate of drug-likeness (QED) is 0.812. The van der Waals surface area contributed by atoms with E-state index in [2.05, 4.69) is 10.6 Å². The van der Waals surface area contributed by atoms with Gasteiger partial charge in [-0.1, -0.05) is 42.5 Å². The van der Waals surface area contributed by atoms with E-state index in [9.17, 15) is 14.4 Å². The fourth-order valence-electron chi connectivity index (χ4n) is 2.68. The van der Waals surface area contributed by atoms with Crippen LogP contribution in [0.4, 0.5) is 11.4 Å². The smallest absolute Gasteiger partial charge is 0.244 e. The molecular formula is C20H19N3O3. The van der Waals surface area contributed by atoms with Gasteiger partial charge in [-0.05, 0) is 23.8 Å². The number of hydrogen-bond donors (Lipinski definition) is 2. The van der Waals surface area contributed by atoms with Gasteiger partial charge >= 0.3 is 0 Å². The number of benzene rings is 2. The summed E-state index contributed by atoms with van der Waals surface area (Å²) in [7, 11) is 0. The number of fused-ring (bicyclic) bond motifs is 1. The Kier molecular flexibility index (Phi) is 5.43. The maximum atomic E-state index is 12.4. The molecule has 0 bridgehead atoms. The van der Waals surface area contributed by atoms with E-state index in [-0.39, 0.29) is 37.2 Å². The summed E-state index contributed by atoms with van der Waals surface area (Å²) in [6, 6.07) is 16.6. The molecule has 132 valence electrons. The molecule has 0 saturated carbocycles. The van der Waals surface area contributed by atoms with Gasteiger partial charge in [-0.15, -0.1) is 0 Å². The third-order valence-corrected chi connectivity index (χ3v) is 3.94. The van der Waals surface area contributed by atoms with Crippen molar-refractivity contribution in [2.24, 2.45) is 0 Å². The maximum Gasteiger partial charge on any atom is 0.244 e. The van der Waals surface area contributed by atoms with Crippen LogP contribution in [0.2, 0.25) is 0 Å². The Hall–Kier alpha value is -3.41. The second kappa shape index (κ2) is 8.11. The summed E-state index contributed by atoms with van der Waals surface area (Å²) in [6.45, 7) is 0.189. The van der Waals surface area contributed by atoms with Gasteiger partial charge in [0.15, 0.2) is 0 Å². The molecule has 0 atom stereocenters. The lowest BCUT2D eigenvalue weighted by atomic mass is 10.2. The third-order valence-electron chi connectivity index (χ3n) is 3.94. The van der Waals surface area contributed by atoms with Crippen molar-refractivity contribution in [1.29, 1.82) is 0 Å². The van der Waals surface area contributed by atoms with Gasteiger partial charge in [-0.3, -0.25) is 14.4 Å². The van der Waals surface area contributed by atoms with Gasteiger partial charge in [0.1, 0.15) is 6.54 Å². The maximum absolute atomic E-state index is 12.4. The average molecular weight is 349 g/mol. The minimum atomic E-state index is -0.265. The highest BCUT2D eigenvalue weighted by Crippen LogP contribution is 2.29. The Morgan fingerprint density at radius 3 is 2.62 bits per heavy atom. The molecule has 0 aliphatic carbocycles. The minimum Gasteiger partial charge on any atom is -0.352 e. The molecule has 0 spiro atoms. The summed E-state index contributed by atoms with van der Waals surface area (Å²) in [5.74, 6) is -0.704. The van der Waals surface area contributed by atoms with E-state index in [0.717, 1.165) is 5.56 Å². The zero-order valence-electron chi connectivity index (χ0n) is 14.1. The standard InChI is InChI=1S/C20H19N3O3/c24-18(11-10-15-6-2-1-3-7-15)21-13-12-20(26)23-14-19(25)22-16-8-4-5-9-17(16)23/h1-11H,12-14H2,(H,21,24)(H,22,25). The molecular weight excluding hydrogens is 330 g/mol. The summed E-state index contributed by atoms with van der Waals surface area (Å²) in [5.41, 5.74) is 2.22. The first-order valence-corrected chi connectivity index (χ1v) is 8.34. The van der Waals surface area contributed by atoms with E-state index in [4.69, 9.17) is 0 Å². The number of nitrogens with zero attached hydrogens (tertiary/aromatic N) is 1. The number of carbonyl (C=O) groups excluding carboxylic acids is 3. The second-order valence-electron chi connectivity index (χ2n) is 5.83. The minimum absolute atomic E-state index is 0.0162. The summed E-state index contributed by atoms with van der Waals surface area (Å²) >= 11 is 0. The van der Waals surface area contributed by atoms with Crippen LogP contribution in [0.15, 0.2) is 60.7 Å². The van der Waals surface area contributed by atoms with E-state index < -0.39 is 0 Å². The monoisotopic (exact) mass is 349 g/mol. The van der Waals surface area contributed by atoms with Crippen LogP contribution in [-0.2, 0) is 14.4 Å². The number of nitrogens with one attached hydrogen (secondary N) is 2. The first-order valence-electron chi connectivity index (χ1n) is 8.34. The molecule has 2 aromatic carbocycles. The average Bonchev–Trinajstić information content (AvgIpc) is 2.66. The van der Waals surface area contributed by atoms with Crippen molar-refractivity contribution in [3.63, 3.8) is 0 Å². The van der Waals surface area contributed by atoms with Gasteiger partial charge in [0.25, 0.3) is 0 Å². The van der Waals surface area contributed by atoms with Gasteiger partial charge in [0, 0.05) is 19.0 Å². The van der Waals surface area contributed by atoms with Crippen LogP contribution in [0.1, 0.15) is 12.0 Å². The zero-order chi connectivity index (χ0) is 18.4. The van der Waals surface area contributed by atoms with Crippen LogP contribution < -0.4 is 15.5 Å². The molecule has 1 aliphatic rings. The van der Waals surface area contributed by atoms with Crippen LogP contribution in [-0.4, -0.2) is 30.8 Å². The van der Waals surface area contributed by atoms with Gasteiger partial charge in [-0.2, -0.15) is 0 Å². The Morgan fingerprint density at radius 1 is 1.08 bits per heavy atom. The van der Waals surface area contributed by atoms with Crippen molar-refractivity contribution >= 4 is 35.2 Å². The molecule has 6 heteroatoms. The normalized spacial score (nSPS) is 13.2. The van der Waals surface area contributed by atoms with Crippen molar-refractivity contribution in [3.05, 3.63) is 66.2 Å². The molecule has 26 heavy (non-hydrogen) atoms. The molecule has 0 fully saturated rings. The largest absolute Gasteiger partial charge is 0.352 e. The summed E-state index contributed by atoms with van der Waals surface area (Å²) < 4.78 is 0. The zero-order valence-corrected chi connectivity index (χ0v) is 14.1. The highest BCUT2D eigenvalue weighted by molar-refractivity contribution is 6.10. The summed E-state index contributed by atoms with van der Waals surface area (Å²) in [5, 5.41) is 5.42. The second-order valence-corrected chi connectivity index (χ2v) is 5.83. The van der Waals surface area contributed by atoms with Crippen molar-refractivity contribution in [1.82, 2.24) is 5.32 Å². The fourth-order valence-corrected chi connectivity index (χ4v) is 2.68. The first-order chi connectivity index (χ1) is 12.6. The van der Waals surface area contributed by atoms with Crippen LogP contribution in [0.3, 0.4) is 0 Å². The van der Waals surface area contributed by atoms with Gasteiger partial charge in [-0.25, -0.2) is 0 Å². The van der Waals surface area contributed by atoms with Crippen LogP contribution in [0.25, 0.3) is 6.08 Å². The first kappa shape index (κ1) is 17.4. The molecule has 1 heterocycles. The highest BCUT2D eigenvalue weighted by Gasteiger charge is 2.26. The molecule has 0 radical (unpaired) electrons. The van der Waals surface area contributed by atoms with Crippen LogP contribution >= 0.6 is 0 Å². The fraction of sp³-hybridized carbons (Fsp3) is 0.150. The topological polar surface area (TPSA) is 78.5 Å². The molecule has 1 aliphatic heterocycles. The molecule has 2 aromatic rings. The van der Waals surface area contributed by atoms with Crippen LogP contribution in [0, 0.1) is 0 Å². The molecule has 0 unspecified atom stereocenters. The SMILES string of the molecule is O=C(C=Cc1ccccc1)NCCC(=O)N1CC(=O)Nc2ccccc21. The highest BCUT2D eigenvalue weighted by atomic mass is 16.2. The van der Waals surface area contributed by atoms with E-state index in [1.165, 1.54) is 11.0 Å². The Labute approximate surface area is 151 Å². The molecule has 6 nitrogen and oxygen atoms in total. The van der Waals surface area contributed by atoms with Crippen molar-refractivity contribution in [2.75, 3.05) is 23.3 Å². The van der Waals surface area contributed by atoms with Crippen molar-refractivity contribution < 1.29 is 14.4 Å².